The molecule has 1 aromatic heterocycles. The van der Waals surface area contributed by atoms with Crippen molar-refractivity contribution in [3.8, 4) is 11.1 Å². The van der Waals surface area contributed by atoms with Gasteiger partial charge in [0.2, 0.25) is 0 Å². The Morgan fingerprint density at radius 3 is 2.75 bits per heavy atom. The number of ether oxygens (including phenoxy) is 3. The predicted molar refractivity (Wildman–Crippen MR) is 173 cm³/mol. The van der Waals surface area contributed by atoms with Crippen LogP contribution in [0.2, 0.25) is 0 Å². The highest BCUT2D eigenvalue weighted by atomic mass is 16.7. The standard InChI is InChI=1S/C36H38N2O10/c1-18-32(40)26(37-35(42)46-21-9-6-4-3-5-7-10-21)15-29(45-18)47-28-17-36(43,19(2)39)16-20-13-25-24(14-23(20)28)31-30-22(33(25)41)11-8-12-27(30)48-34(31)38-44/h6,8-9,11-14,18,21,26,28-29,32,40,43H,3-5,7,10,15-17H2,1-2H3,(H,37,42)/b9-6+/t18-,21?,26+,28-,29-,32+,36-/m0/s1. The van der Waals surface area contributed by atoms with E-state index >= 15 is 0 Å². The zero-order valence-electron chi connectivity index (χ0n) is 26.8. The van der Waals surface area contributed by atoms with Crippen LogP contribution in [-0.4, -0.2) is 64.1 Å². The van der Waals surface area contributed by atoms with E-state index < -0.39 is 48.1 Å². The Bertz CT molecular complexity index is 1830. The number of nitrogens with one attached hydrogen (secondary N) is 1. The molecule has 12 nitrogen and oxygen atoms in total. The maximum Gasteiger partial charge on any atom is 0.408 e. The highest BCUT2D eigenvalue weighted by Gasteiger charge is 2.46. The first-order valence-corrected chi connectivity index (χ1v) is 16.5. The maximum absolute atomic E-state index is 13.7. The smallest absolute Gasteiger partial charge is 0.408 e. The van der Waals surface area contributed by atoms with Crippen LogP contribution < -0.4 is 5.32 Å². The minimum Gasteiger partial charge on any atom is -0.442 e. The number of fused-ring (bicyclic) bond motifs is 3. The Labute approximate surface area is 276 Å². The van der Waals surface area contributed by atoms with Crippen LogP contribution in [0.3, 0.4) is 0 Å². The van der Waals surface area contributed by atoms with E-state index in [9.17, 15) is 29.5 Å². The molecule has 7 rings (SSSR count). The van der Waals surface area contributed by atoms with Gasteiger partial charge >= 0.3 is 6.09 Å². The highest BCUT2D eigenvalue weighted by molar-refractivity contribution is 6.26. The summed E-state index contributed by atoms with van der Waals surface area (Å²) >= 11 is 0. The van der Waals surface area contributed by atoms with Gasteiger partial charge in [0.05, 0.1) is 23.8 Å². The van der Waals surface area contributed by atoms with Crippen molar-refractivity contribution in [2.75, 3.05) is 0 Å². The monoisotopic (exact) mass is 658 g/mol. The summed E-state index contributed by atoms with van der Waals surface area (Å²) in [4.78, 5) is 51.3. The van der Waals surface area contributed by atoms with Gasteiger partial charge in [-0.1, -0.05) is 24.6 Å². The van der Waals surface area contributed by atoms with Gasteiger partial charge in [-0.25, -0.2) is 4.79 Å². The third-order valence-corrected chi connectivity index (χ3v) is 10.1. The number of rotatable bonds is 6. The van der Waals surface area contributed by atoms with Crippen molar-refractivity contribution in [2.24, 2.45) is 5.18 Å². The van der Waals surface area contributed by atoms with E-state index in [4.69, 9.17) is 18.6 Å². The lowest BCUT2D eigenvalue weighted by atomic mass is 9.73. The lowest BCUT2D eigenvalue weighted by Gasteiger charge is -2.42. The Balaban J connectivity index is 1.19. The Hall–Kier alpha value is -4.23. The maximum atomic E-state index is 13.7. The molecule has 0 saturated carbocycles. The van der Waals surface area contributed by atoms with Gasteiger partial charge in [0.25, 0.3) is 5.88 Å². The molecule has 3 aromatic rings. The molecule has 1 saturated heterocycles. The lowest BCUT2D eigenvalue weighted by molar-refractivity contribution is -0.248. The van der Waals surface area contributed by atoms with Gasteiger partial charge in [-0.15, -0.1) is 4.91 Å². The highest BCUT2D eigenvalue weighted by Crippen LogP contribution is 2.50. The average Bonchev–Trinajstić information content (AvgIpc) is 3.42. The molecule has 0 spiro atoms. The third kappa shape index (κ3) is 5.76. The minimum absolute atomic E-state index is 0.0500. The first-order chi connectivity index (χ1) is 23.1. The van der Waals surface area contributed by atoms with Gasteiger partial charge in [-0.3, -0.25) is 9.59 Å². The predicted octanol–water partition coefficient (Wildman–Crippen LogP) is 5.85. The molecule has 3 aliphatic carbocycles. The Kier molecular flexibility index (Phi) is 8.53. The molecule has 1 fully saturated rings. The summed E-state index contributed by atoms with van der Waals surface area (Å²) in [6.45, 7) is 2.97. The number of benzene rings is 2. The second-order valence-corrected chi connectivity index (χ2v) is 13.3. The number of aliphatic hydroxyl groups is 2. The molecule has 252 valence electrons. The summed E-state index contributed by atoms with van der Waals surface area (Å²) in [5.41, 5.74) is 1.19. The van der Waals surface area contributed by atoms with Crippen molar-refractivity contribution in [1.82, 2.24) is 5.32 Å². The molecule has 12 heteroatoms. The summed E-state index contributed by atoms with van der Waals surface area (Å²) in [6, 6.07) is 7.59. The number of carbonyl (C=O) groups is 3. The van der Waals surface area contributed by atoms with Crippen LogP contribution >= 0.6 is 0 Å². The molecule has 0 bridgehead atoms. The first-order valence-electron chi connectivity index (χ1n) is 16.5. The van der Waals surface area contributed by atoms with Crippen LogP contribution in [0.4, 0.5) is 10.7 Å². The summed E-state index contributed by atoms with van der Waals surface area (Å²) < 4.78 is 23.9. The van der Waals surface area contributed by atoms with Crippen molar-refractivity contribution in [3.05, 3.63) is 69.6 Å². The number of amides is 1. The number of allylic oxidation sites excluding steroid dienone is 1. The van der Waals surface area contributed by atoms with Crippen LogP contribution in [0.5, 0.6) is 0 Å². The van der Waals surface area contributed by atoms with E-state index in [-0.39, 0.29) is 37.0 Å². The number of nitrogens with zero attached hydrogens (tertiary/aromatic N) is 1. The van der Waals surface area contributed by atoms with Crippen LogP contribution in [-0.2, 0) is 25.4 Å². The third-order valence-electron chi connectivity index (χ3n) is 10.1. The lowest BCUT2D eigenvalue weighted by Crippen LogP contribution is -2.56. The number of nitroso groups, excluding NO2 is 1. The van der Waals surface area contributed by atoms with E-state index in [2.05, 4.69) is 10.5 Å². The van der Waals surface area contributed by atoms with Crippen molar-refractivity contribution < 1.29 is 43.2 Å². The van der Waals surface area contributed by atoms with E-state index in [1.54, 1.807) is 37.3 Å². The van der Waals surface area contributed by atoms with Crippen molar-refractivity contribution >= 4 is 34.5 Å². The Morgan fingerprint density at radius 1 is 1.12 bits per heavy atom. The Morgan fingerprint density at radius 2 is 1.96 bits per heavy atom. The van der Waals surface area contributed by atoms with Gasteiger partial charge in [-0.05, 0) is 80.5 Å². The summed E-state index contributed by atoms with van der Waals surface area (Å²) in [5, 5.41) is 28.8. The fourth-order valence-electron chi connectivity index (χ4n) is 7.50. The largest absolute Gasteiger partial charge is 0.442 e. The molecule has 7 atom stereocenters. The van der Waals surface area contributed by atoms with Crippen molar-refractivity contribution in [3.63, 3.8) is 0 Å². The number of aliphatic hydroxyl groups excluding tert-OH is 1. The summed E-state index contributed by atoms with van der Waals surface area (Å²) in [5.74, 6) is -0.902. The van der Waals surface area contributed by atoms with Gasteiger partial charge < -0.3 is 34.2 Å². The number of ketones is 2. The van der Waals surface area contributed by atoms with Gasteiger partial charge in [0.15, 0.2) is 17.9 Å². The molecule has 1 amide bonds. The second kappa shape index (κ2) is 12.7. The first kappa shape index (κ1) is 32.3. The van der Waals surface area contributed by atoms with Gasteiger partial charge in [-0.2, -0.15) is 0 Å². The summed E-state index contributed by atoms with van der Waals surface area (Å²) in [7, 11) is 0. The zero-order valence-corrected chi connectivity index (χ0v) is 26.8. The van der Waals surface area contributed by atoms with E-state index in [1.807, 2.05) is 12.2 Å². The molecule has 1 aliphatic heterocycles. The molecule has 0 radical (unpaired) electrons. The number of alkyl carbamates (subject to hydrolysis) is 1. The molecule has 3 N–H and O–H groups in total. The molecule has 1 unspecified atom stereocenters. The van der Waals surface area contributed by atoms with Crippen molar-refractivity contribution in [2.45, 2.75) is 108 Å². The van der Waals surface area contributed by atoms with Gasteiger partial charge in [0, 0.05) is 41.0 Å². The summed E-state index contributed by atoms with van der Waals surface area (Å²) in [6.07, 6.45) is 3.98. The molecule has 48 heavy (non-hydrogen) atoms. The van der Waals surface area contributed by atoms with Gasteiger partial charge in [0.1, 0.15) is 23.4 Å². The average molecular weight is 659 g/mol. The fraction of sp³-hybridized carbons (Fsp3) is 0.472. The quantitative estimate of drug-likeness (QED) is 0.169. The SMILES string of the molecule is CC(=O)[C@]1(O)Cc2cc3c(cc2[C@@H](O[C@H]2C[C@@H](NC(=O)OC4/C=C/CCCCC4)[C@H](O)[C@H](C)O2)C1)-c1c(N=O)oc2cccc(c12)C3=O. The van der Waals surface area contributed by atoms with E-state index in [0.29, 0.717) is 44.3 Å². The van der Waals surface area contributed by atoms with E-state index in [1.165, 1.54) is 6.92 Å². The zero-order chi connectivity index (χ0) is 33.7. The molecular formula is C36H38N2O10. The number of hydrogen-bond acceptors (Lipinski definition) is 11. The molecule has 4 aliphatic rings. The van der Waals surface area contributed by atoms with Crippen LogP contribution in [0.15, 0.2) is 52.1 Å². The van der Waals surface area contributed by atoms with Crippen molar-refractivity contribution in [1.29, 1.82) is 0 Å². The van der Waals surface area contributed by atoms with Crippen LogP contribution in [0, 0.1) is 4.91 Å². The molecule has 2 aromatic carbocycles. The number of hydrogen-bond donors (Lipinski definition) is 3. The number of carbonyl (C=O) groups excluding carboxylic acids is 3. The molecule has 2 heterocycles. The van der Waals surface area contributed by atoms with Crippen LogP contribution in [0.1, 0.15) is 91.9 Å². The van der Waals surface area contributed by atoms with Crippen LogP contribution in [0.25, 0.3) is 22.1 Å². The minimum atomic E-state index is -1.79. The second-order valence-electron chi connectivity index (χ2n) is 13.3. The number of Topliss-reactive ketones (excluding diaryl/α,β-unsaturated/α-hetero) is 1. The topological polar surface area (TPSA) is 174 Å². The normalized spacial score (nSPS) is 30.4. The molecular weight excluding hydrogens is 620 g/mol. The van der Waals surface area contributed by atoms with E-state index in [0.717, 1.165) is 32.1 Å². The number of furan rings is 1. The fourth-order valence-corrected chi connectivity index (χ4v) is 7.50.